The fourth-order valence-electron chi connectivity index (χ4n) is 1.34. The van der Waals surface area contributed by atoms with Crippen LogP contribution in [-0.4, -0.2) is 55.1 Å². The highest BCUT2D eigenvalue weighted by Gasteiger charge is 2.33. The Kier molecular flexibility index (Phi) is 4.69. The van der Waals surface area contributed by atoms with Gasteiger partial charge in [-0.25, -0.2) is 4.79 Å². The van der Waals surface area contributed by atoms with E-state index in [0.29, 0.717) is 19.8 Å². The number of aliphatic hydroxyl groups excluding tert-OH is 1. The van der Waals surface area contributed by atoms with Gasteiger partial charge in [0.15, 0.2) is 0 Å². The Bertz CT molecular complexity index is 186. The van der Waals surface area contributed by atoms with Crippen LogP contribution in [0.1, 0.15) is 13.3 Å². The van der Waals surface area contributed by atoms with Crippen LogP contribution in [0.3, 0.4) is 0 Å². The molecule has 1 unspecified atom stereocenters. The average molecular weight is 203 g/mol. The van der Waals surface area contributed by atoms with E-state index >= 15 is 0 Å². The normalized spacial score (nSPS) is 20.4. The van der Waals surface area contributed by atoms with Crippen LogP contribution in [0.15, 0.2) is 0 Å². The molecule has 0 bridgehead atoms. The maximum absolute atomic E-state index is 11.3. The van der Waals surface area contributed by atoms with Gasteiger partial charge in [-0.05, 0) is 13.3 Å². The number of ether oxygens (including phenoxy) is 2. The van der Waals surface area contributed by atoms with Crippen molar-refractivity contribution in [3.63, 3.8) is 0 Å². The van der Waals surface area contributed by atoms with Gasteiger partial charge in [0.2, 0.25) is 0 Å². The Labute approximate surface area is 83.6 Å². The molecule has 0 aromatic carbocycles. The van der Waals surface area contributed by atoms with Crippen molar-refractivity contribution in [3.05, 3.63) is 0 Å². The lowest BCUT2D eigenvalue weighted by atomic mass is 10.1. The van der Waals surface area contributed by atoms with Gasteiger partial charge in [-0.2, -0.15) is 0 Å². The van der Waals surface area contributed by atoms with Gasteiger partial charge in [0.1, 0.15) is 0 Å². The topological polar surface area (TPSA) is 59.0 Å². The fourth-order valence-corrected chi connectivity index (χ4v) is 1.34. The number of amides is 1. The SMILES string of the molecule is CCOC(=O)N1CCC1COCCO. The quantitative estimate of drug-likeness (QED) is 0.650. The van der Waals surface area contributed by atoms with Gasteiger partial charge in [0.05, 0.1) is 32.5 Å². The summed E-state index contributed by atoms with van der Waals surface area (Å²) in [5, 5.41) is 8.50. The molecule has 1 atom stereocenters. The zero-order valence-corrected chi connectivity index (χ0v) is 8.44. The molecule has 1 rings (SSSR count). The van der Waals surface area contributed by atoms with Gasteiger partial charge < -0.3 is 19.5 Å². The van der Waals surface area contributed by atoms with E-state index in [9.17, 15) is 4.79 Å². The highest BCUT2D eigenvalue weighted by atomic mass is 16.6. The second-order valence-electron chi connectivity index (χ2n) is 3.13. The number of aliphatic hydroxyl groups is 1. The Morgan fingerprint density at radius 2 is 2.43 bits per heavy atom. The summed E-state index contributed by atoms with van der Waals surface area (Å²) < 4.78 is 10.0. The third kappa shape index (κ3) is 2.85. The molecule has 5 heteroatoms. The van der Waals surface area contributed by atoms with Crippen LogP contribution < -0.4 is 0 Å². The number of hydrogen-bond acceptors (Lipinski definition) is 4. The average Bonchev–Trinajstić information content (AvgIpc) is 2.11. The van der Waals surface area contributed by atoms with E-state index in [-0.39, 0.29) is 18.7 Å². The first-order chi connectivity index (χ1) is 6.79. The Morgan fingerprint density at radius 1 is 1.64 bits per heavy atom. The van der Waals surface area contributed by atoms with E-state index < -0.39 is 0 Å². The third-order valence-electron chi connectivity index (χ3n) is 2.19. The standard InChI is InChI=1S/C9H17NO4/c1-2-14-9(12)10-4-3-8(10)7-13-6-5-11/h8,11H,2-7H2,1H3. The lowest BCUT2D eigenvalue weighted by Crippen LogP contribution is -2.53. The molecule has 5 nitrogen and oxygen atoms in total. The first-order valence-electron chi connectivity index (χ1n) is 4.91. The van der Waals surface area contributed by atoms with Gasteiger partial charge in [0, 0.05) is 6.54 Å². The maximum Gasteiger partial charge on any atom is 0.410 e. The van der Waals surface area contributed by atoms with E-state index in [1.165, 1.54) is 0 Å². The van der Waals surface area contributed by atoms with Crippen LogP contribution in [0.2, 0.25) is 0 Å². The summed E-state index contributed by atoms with van der Waals surface area (Å²) in [7, 11) is 0. The zero-order valence-electron chi connectivity index (χ0n) is 8.44. The molecule has 1 heterocycles. The van der Waals surface area contributed by atoms with Crippen LogP contribution in [0, 0.1) is 0 Å². The predicted molar refractivity (Wildman–Crippen MR) is 50.0 cm³/mol. The molecular weight excluding hydrogens is 186 g/mol. The number of carbonyl (C=O) groups is 1. The Morgan fingerprint density at radius 3 is 2.93 bits per heavy atom. The van der Waals surface area contributed by atoms with Crippen LogP contribution in [0.25, 0.3) is 0 Å². The minimum Gasteiger partial charge on any atom is -0.450 e. The monoisotopic (exact) mass is 203 g/mol. The van der Waals surface area contributed by atoms with Crippen molar-refractivity contribution in [1.29, 1.82) is 0 Å². The summed E-state index contributed by atoms with van der Waals surface area (Å²) in [4.78, 5) is 12.9. The molecule has 1 N–H and O–H groups in total. The lowest BCUT2D eigenvalue weighted by Gasteiger charge is -2.39. The molecule has 0 spiro atoms. The molecule has 1 aliphatic heterocycles. The molecule has 1 amide bonds. The van der Waals surface area contributed by atoms with Crippen LogP contribution >= 0.6 is 0 Å². The maximum atomic E-state index is 11.3. The molecule has 82 valence electrons. The van der Waals surface area contributed by atoms with Gasteiger partial charge in [-0.15, -0.1) is 0 Å². The summed E-state index contributed by atoms with van der Waals surface area (Å²) in [6.45, 7) is 3.76. The van der Waals surface area contributed by atoms with Crippen LogP contribution in [0.4, 0.5) is 4.79 Å². The second kappa shape index (κ2) is 5.82. The summed E-state index contributed by atoms with van der Waals surface area (Å²) in [5.41, 5.74) is 0. The van der Waals surface area contributed by atoms with Gasteiger partial charge in [-0.1, -0.05) is 0 Å². The summed E-state index contributed by atoms with van der Waals surface area (Å²) in [5.74, 6) is 0. The number of likely N-dealkylation sites (tertiary alicyclic amines) is 1. The van der Waals surface area contributed by atoms with E-state index in [0.717, 1.165) is 13.0 Å². The summed E-state index contributed by atoms with van der Waals surface area (Å²) >= 11 is 0. The van der Waals surface area contributed by atoms with E-state index in [1.54, 1.807) is 11.8 Å². The smallest absolute Gasteiger partial charge is 0.410 e. The number of hydrogen-bond donors (Lipinski definition) is 1. The number of rotatable bonds is 5. The first-order valence-corrected chi connectivity index (χ1v) is 4.91. The third-order valence-corrected chi connectivity index (χ3v) is 2.19. The summed E-state index contributed by atoms with van der Waals surface area (Å²) in [6.07, 6.45) is 0.681. The van der Waals surface area contributed by atoms with Crippen molar-refractivity contribution >= 4 is 6.09 Å². The van der Waals surface area contributed by atoms with Crippen molar-refractivity contribution in [1.82, 2.24) is 4.90 Å². The van der Waals surface area contributed by atoms with Crippen LogP contribution in [0.5, 0.6) is 0 Å². The van der Waals surface area contributed by atoms with Crippen molar-refractivity contribution in [2.45, 2.75) is 19.4 Å². The van der Waals surface area contributed by atoms with Gasteiger partial charge >= 0.3 is 6.09 Å². The molecule has 1 aliphatic rings. The largest absolute Gasteiger partial charge is 0.450 e. The molecule has 14 heavy (non-hydrogen) atoms. The van der Waals surface area contributed by atoms with Crippen molar-refractivity contribution in [3.8, 4) is 0 Å². The van der Waals surface area contributed by atoms with Crippen molar-refractivity contribution in [2.75, 3.05) is 33.0 Å². The number of nitrogens with zero attached hydrogens (tertiary/aromatic N) is 1. The molecule has 0 saturated carbocycles. The van der Waals surface area contributed by atoms with E-state index in [4.69, 9.17) is 14.6 Å². The predicted octanol–water partition coefficient (Wildman–Crippen LogP) is 0.226. The Hall–Kier alpha value is -0.810. The van der Waals surface area contributed by atoms with Crippen molar-refractivity contribution < 1.29 is 19.4 Å². The fraction of sp³-hybridized carbons (Fsp3) is 0.889. The minimum absolute atomic E-state index is 0.0200. The second-order valence-corrected chi connectivity index (χ2v) is 3.13. The summed E-state index contributed by atoms with van der Waals surface area (Å²) in [6, 6.07) is 0.126. The molecule has 0 aromatic heterocycles. The van der Waals surface area contributed by atoms with Crippen LogP contribution in [-0.2, 0) is 9.47 Å². The lowest BCUT2D eigenvalue weighted by molar-refractivity contribution is -0.00527. The highest BCUT2D eigenvalue weighted by Crippen LogP contribution is 2.18. The van der Waals surface area contributed by atoms with Gasteiger partial charge in [-0.3, -0.25) is 0 Å². The molecule has 0 radical (unpaired) electrons. The Balaban J connectivity index is 2.17. The molecule has 1 fully saturated rings. The highest BCUT2D eigenvalue weighted by molar-refractivity contribution is 5.69. The first kappa shape index (κ1) is 11.3. The van der Waals surface area contributed by atoms with Crippen molar-refractivity contribution in [2.24, 2.45) is 0 Å². The zero-order chi connectivity index (χ0) is 10.4. The van der Waals surface area contributed by atoms with E-state index in [1.807, 2.05) is 0 Å². The molecular formula is C9H17NO4. The molecule has 1 saturated heterocycles. The van der Waals surface area contributed by atoms with E-state index in [2.05, 4.69) is 0 Å². The van der Waals surface area contributed by atoms with Gasteiger partial charge in [0.25, 0.3) is 0 Å². The minimum atomic E-state index is -0.267. The number of carbonyl (C=O) groups excluding carboxylic acids is 1. The molecule has 0 aliphatic carbocycles. The molecule has 0 aromatic rings.